The van der Waals surface area contributed by atoms with Gasteiger partial charge in [0.05, 0.1) is 5.16 Å². The number of rotatable bonds is 1. The zero-order valence-electron chi connectivity index (χ0n) is 4.69. The smallest absolute Gasteiger partial charge is 0.0992 e. The molecule has 0 radical (unpaired) electrons. The minimum Gasteiger partial charge on any atom is -0.402 e. The van der Waals surface area contributed by atoms with Crippen LogP contribution in [0.1, 0.15) is 6.92 Å². The summed E-state index contributed by atoms with van der Waals surface area (Å²) in [6.07, 6.45) is 3.18. The van der Waals surface area contributed by atoms with Crippen LogP contribution in [0.25, 0.3) is 0 Å². The maximum atomic E-state index is 5.26. The fourth-order valence-electron chi connectivity index (χ4n) is 0.211. The van der Waals surface area contributed by atoms with Gasteiger partial charge < -0.3 is 11.5 Å². The third-order valence-corrected chi connectivity index (χ3v) is 0.631. The summed E-state index contributed by atoms with van der Waals surface area (Å²) in [6.45, 7) is 1.76. The summed E-state index contributed by atoms with van der Waals surface area (Å²) in [7, 11) is 0. The molecule has 0 aliphatic heterocycles. The van der Waals surface area contributed by atoms with Crippen LogP contribution in [0.5, 0.6) is 0 Å². The quantitative estimate of drug-likeness (QED) is 0.411. The molecule has 0 aliphatic carbocycles. The second-order valence-corrected chi connectivity index (χ2v) is 1.90. The highest BCUT2D eigenvalue weighted by molar-refractivity contribution is 6.29. The molecule has 0 spiro atoms. The Labute approximate surface area is 53.8 Å². The monoisotopic (exact) mass is 132 g/mol. The Morgan fingerprint density at radius 3 is 2.00 bits per heavy atom. The third kappa shape index (κ3) is 5.37. The lowest BCUT2D eigenvalue weighted by Crippen LogP contribution is -1.90. The molecule has 0 aromatic carbocycles. The third-order valence-electron chi connectivity index (χ3n) is 0.505. The van der Waals surface area contributed by atoms with E-state index in [-0.39, 0.29) is 5.16 Å². The summed E-state index contributed by atoms with van der Waals surface area (Å²) < 4.78 is 0. The minimum atomic E-state index is 0.245. The van der Waals surface area contributed by atoms with Gasteiger partial charge in [0.2, 0.25) is 0 Å². The molecule has 0 rings (SSSR count). The molecule has 0 atom stereocenters. The van der Waals surface area contributed by atoms with E-state index < -0.39 is 0 Å². The van der Waals surface area contributed by atoms with Crippen molar-refractivity contribution in [3.05, 3.63) is 23.0 Å². The van der Waals surface area contributed by atoms with E-state index in [1.54, 1.807) is 13.0 Å². The topological polar surface area (TPSA) is 52.0 Å². The summed E-state index contributed by atoms with van der Waals surface area (Å²) >= 11 is 5.26. The van der Waals surface area contributed by atoms with Gasteiger partial charge in [-0.05, 0) is 19.1 Å². The van der Waals surface area contributed by atoms with E-state index in [0.29, 0.717) is 5.70 Å². The van der Waals surface area contributed by atoms with Crippen LogP contribution in [0.4, 0.5) is 0 Å². The van der Waals surface area contributed by atoms with Crippen molar-refractivity contribution < 1.29 is 0 Å². The number of halogens is 1. The summed E-state index contributed by atoms with van der Waals surface area (Å²) in [6, 6.07) is 0. The average Bonchev–Trinajstić information content (AvgIpc) is 1.61. The maximum Gasteiger partial charge on any atom is 0.0992 e. The Kier molecular flexibility index (Phi) is 3.12. The first kappa shape index (κ1) is 7.37. The normalized spacial score (nSPS) is 14.2. The van der Waals surface area contributed by atoms with E-state index in [1.807, 2.05) is 0 Å². The van der Waals surface area contributed by atoms with Gasteiger partial charge in [-0.2, -0.15) is 0 Å². The molecule has 0 unspecified atom stereocenters. The van der Waals surface area contributed by atoms with Crippen LogP contribution in [0.2, 0.25) is 0 Å². The van der Waals surface area contributed by atoms with Gasteiger partial charge in [-0.25, -0.2) is 0 Å². The van der Waals surface area contributed by atoms with Gasteiger partial charge in [0.25, 0.3) is 0 Å². The Hall–Kier alpha value is -0.630. The van der Waals surface area contributed by atoms with Crippen molar-refractivity contribution in [3.8, 4) is 0 Å². The van der Waals surface area contributed by atoms with E-state index in [9.17, 15) is 0 Å². The molecule has 3 heteroatoms. The molecular formula is C5H9ClN2. The van der Waals surface area contributed by atoms with E-state index in [1.165, 1.54) is 6.08 Å². The molecule has 8 heavy (non-hydrogen) atoms. The van der Waals surface area contributed by atoms with Gasteiger partial charge >= 0.3 is 0 Å². The zero-order valence-corrected chi connectivity index (χ0v) is 5.44. The minimum absolute atomic E-state index is 0.245. The van der Waals surface area contributed by atoms with Crippen molar-refractivity contribution in [2.45, 2.75) is 6.92 Å². The number of hydrogen-bond donors (Lipinski definition) is 2. The van der Waals surface area contributed by atoms with Crippen LogP contribution in [0.15, 0.2) is 23.0 Å². The van der Waals surface area contributed by atoms with Gasteiger partial charge in [-0.1, -0.05) is 11.6 Å². The van der Waals surface area contributed by atoms with Crippen LogP contribution < -0.4 is 11.5 Å². The standard InChI is InChI=1S/C5H9ClN2/c1-4(7)2-3-5(6)8/h2-3H,7-8H2,1H3/b4-2-,5-3-. The van der Waals surface area contributed by atoms with Crippen molar-refractivity contribution >= 4 is 11.6 Å². The molecule has 46 valence electrons. The largest absolute Gasteiger partial charge is 0.402 e. The first-order valence-electron chi connectivity index (χ1n) is 2.18. The van der Waals surface area contributed by atoms with E-state index in [4.69, 9.17) is 23.1 Å². The molecule has 0 aromatic heterocycles. The van der Waals surface area contributed by atoms with Crippen molar-refractivity contribution in [1.29, 1.82) is 0 Å². The van der Waals surface area contributed by atoms with Crippen LogP contribution in [-0.4, -0.2) is 0 Å². The molecule has 0 bridgehead atoms. The maximum absolute atomic E-state index is 5.26. The molecule has 0 fully saturated rings. The first-order chi connectivity index (χ1) is 3.63. The van der Waals surface area contributed by atoms with E-state index in [2.05, 4.69) is 0 Å². The summed E-state index contributed by atoms with van der Waals surface area (Å²) in [4.78, 5) is 0. The van der Waals surface area contributed by atoms with Crippen LogP contribution in [0, 0.1) is 0 Å². The van der Waals surface area contributed by atoms with Crippen molar-refractivity contribution in [2.24, 2.45) is 11.5 Å². The Morgan fingerprint density at radius 1 is 1.38 bits per heavy atom. The highest BCUT2D eigenvalue weighted by Crippen LogP contribution is 1.90. The summed E-state index contributed by atoms with van der Waals surface area (Å²) in [5, 5.41) is 0.245. The van der Waals surface area contributed by atoms with Crippen LogP contribution >= 0.6 is 11.6 Å². The molecule has 0 aliphatic rings. The molecule has 4 N–H and O–H groups in total. The van der Waals surface area contributed by atoms with Gasteiger partial charge in [0.15, 0.2) is 0 Å². The molecule has 0 saturated heterocycles. The summed E-state index contributed by atoms with van der Waals surface area (Å²) in [5.41, 5.74) is 11.0. The highest BCUT2D eigenvalue weighted by Gasteiger charge is 1.74. The number of allylic oxidation sites excluding steroid dienone is 3. The van der Waals surface area contributed by atoms with E-state index in [0.717, 1.165) is 0 Å². The molecule has 2 nitrogen and oxygen atoms in total. The van der Waals surface area contributed by atoms with Crippen molar-refractivity contribution in [3.63, 3.8) is 0 Å². The number of hydrogen-bond acceptors (Lipinski definition) is 2. The Balaban J connectivity index is 3.76. The summed E-state index contributed by atoms with van der Waals surface area (Å²) in [5.74, 6) is 0. The van der Waals surface area contributed by atoms with Crippen molar-refractivity contribution in [2.75, 3.05) is 0 Å². The SMILES string of the molecule is C/C(N)=C/C=C(\N)Cl. The fraction of sp³-hybridized carbons (Fsp3) is 0.200. The van der Waals surface area contributed by atoms with Crippen LogP contribution in [-0.2, 0) is 0 Å². The van der Waals surface area contributed by atoms with Gasteiger partial charge in [-0.15, -0.1) is 0 Å². The lowest BCUT2D eigenvalue weighted by molar-refractivity contribution is 1.31. The predicted octanol–water partition coefficient (Wildman–Crippen LogP) is 0.888. The Morgan fingerprint density at radius 2 is 1.88 bits per heavy atom. The zero-order chi connectivity index (χ0) is 6.57. The van der Waals surface area contributed by atoms with Crippen LogP contribution in [0.3, 0.4) is 0 Å². The van der Waals surface area contributed by atoms with Crippen molar-refractivity contribution in [1.82, 2.24) is 0 Å². The first-order valence-corrected chi connectivity index (χ1v) is 2.55. The van der Waals surface area contributed by atoms with Gasteiger partial charge in [0, 0.05) is 5.70 Å². The lowest BCUT2D eigenvalue weighted by Gasteiger charge is -1.83. The second kappa shape index (κ2) is 3.38. The average molecular weight is 133 g/mol. The predicted molar refractivity (Wildman–Crippen MR) is 36.1 cm³/mol. The van der Waals surface area contributed by atoms with E-state index >= 15 is 0 Å². The molecular weight excluding hydrogens is 124 g/mol. The highest BCUT2D eigenvalue weighted by atomic mass is 35.5. The Bertz CT molecular complexity index is 102. The number of nitrogens with two attached hydrogens (primary N) is 2. The lowest BCUT2D eigenvalue weighted by atomic mass is 10.4. The van der Waals surface area contributed by atoms with Gasteiger partial charge in [0.1, 0.15) is 0 Å². The fourth-order valence-corrected chi connectivity index (χ4v) is 0.274. The molecule has 0 amide bonds. The second-order valence-electron chi connectivity index (χ2n) is 1.46. The molecule has 0 heterocycles. The van der Waals surface area contributed by atoms with Gasteiger partial charge in [-0.3, -0.25) is 0 Å². The molecule has 0 saturated carbocycles. The molecule has 0 aromatic rings.